The number of hydrogen-bond acceptors (Lipinski definition) is 2. The number of fused-ring (bicyclic) bond motifs is 1. The summed E-state index contributed by atoms with van der Waals surface area (Å²) in [6, 6.07) is 4.35. The molecule has 0 aliphatic rings. The monoisotopic (exact) mass is 232 g/mol. The average Bonchev–Trinajstić information content (AvgIpc) is 2.68. The van der Waals surface area contributed by atoms with Gasteiger partial charge in [0.05, 0.1) is 24.0 Å². The molecule has 0 bridgehead atoms. The summed E-state index contributed by atoms with van der Waals surface area (Å²) in [5, 5.41) is 0. The van der Waals surface area contributed by atoms with Gasteiger partial charge in [-0.05, 0) is 43.5 Å². The SMILES string of the molecule is CCCOCCn1cnc2cc(C)c(C)cc21. The molecule has 0 saturated heterocycles. The minimum absolute atomic E-state index is 0.756. The molecule has 2 aromatic rings. The molecule has 0 spiro atoms. The highest BCUT2D eigenvalue weighted by molar-refractivity contribution is 5.77. The number of aryl methyl sites for hydroxylation is 2. The molecule has 0 aliphatic carbocycles. The van der Waals surface area contributed by atoms with E-state index in [2.05, 4.69) is 42.5 Å². The summed E-state index contributed by atoms with van der Waals surface area (Å²) < 4.78 is 7.67. The molecule has 1 heterocycles. The van der Waals surface area contributed by atoms with E-state index in [0.29, 0.717) is 0 Å². The first kappa shape index (κ1) is 12.1. The highest BCUT2D eigenvalue weighted by atomic mass is 16.5. The molecule has 0 aliphatic heterocycles. The number of aromatic nitrogens is 2. The smallest absolute Gasteiger partial charge is 0.0959 e. The number of rotatable bonds is 5. The second-order valence-electron chi connectivity index (χ2n) is 4.48. The van der Waals surface area contributed by atoms with Crippen LogP contribution < -0.4 is 0 Å². The van der Waals surface area contributed by atoms with E-state index in [4.69, 9.17) is 4.74 Å². The summed E-state index contributed by atoms with van der Waals surface area (Å²) in [5.74, 6) is 0. The third-order valence-corrected chi connectivity index (χ3v) is 3.06. The van der Waals surface area contributed by atoms with Gasteiger partial charge in [0.1, 0.15) is 0 Å². The van der Waals surface area contributed by atoms with Crippen molar-refractivity contribution in [1.82, 2.24) is 9.55 Å². The molecule has 0 saturated carbocycles. The van der Waals surface area contributed by atoms with Crippen LogP contribution in [0.1, 0.15) is 24.5 Å². The normalized spacial score (nSPS) is 11.2. The first-order valence-corrected chi connectivity index (χ1v) is 6.22. The number of imidazole rings is 1. The Morgan fingerprint density at radius 2 is 1.94 bits per heavy atom. The maximum Gasteiger partial charge on any atom is 0.0959 e. The van der Waals surface area contributed by atoms with Gasteiger partial charge in [-0.1, -0.05) is 6.92 Å². The Hall–Kier alpha value is -1.35. The van der Waals surface area contributed by atoms with Crippen LogP contribution in [0.25, 0.3) is 11.0 Å². The Morgan fingerprint density at radius 1 is 1.18 bits per heavy atom. The summed E-state index contributed by atoms with van der Waals surface area (Å²) in [7, 11) is 0. The summed E-state index contributed by atoms with van der Waals surface area (Å²) in [6.45, 7) is 8.85. The van der Waals surface area contributed by atoms with Crippen LogP contribution in [0.2, 0.25) is 0 Å². The van der Waals surface area contributed by atoms with E-state index in [-0.39, 0.29) is 0 Å². The van der Waals surface area contributed by atoms with E-state index in [9.17, 15) is 0 Å². The Bertz CT molecular complexity index is 502. The lowest BCUT2D eigenvalue weighted by Gasteiger charge is -2.06. The van der Waals surface area contributed by atoms with E-state index in [1.807, 2.05) is 6.33 Å². The van der Waals surface area contributed by atoms with E-state index in [1.54, 1.807) is 0 Å². The molecule has 3 heteroatoms. The van der Waals surface area contributed by atoms with Gasteiger partial charge >= 0.3 is 0 Å². The number of nitrogens with zero attached hydrogens (tertiary/aromatic N) is 2. The molecule has 0 radical (unpaired) electrons. The molecule has 92 valence electrons. The lowest BCUT2D eigenvalue weighted by molar-refractivity contribution is 0.127. The molecular formula is C14H20N2O. The second kappa shape index (κ2) is 5.32. The van der Waals surface area contributed by atoms with Gasteiger partial charge in [-0.2, -0.15) is 0 Å². The molecule has 1 aromatic carbocycles. The number of ether oxygens (including phenoxy) is 1. The fourth-order valence-corrected chi connectivity index (χ4v) is 1.90. The topological polar surface area (TPSA) is 27.1 Å². The molecule has 17 heavy (non-hydrogen) atoms. The van der Waals surface area contributed by atoms with Gasteiger partial charge in [0, 0.05) is 13.2 Å². The quantitative estimate of drug-likeness (QED) is 0.741. The summed E-state index contributed by atoms with van der Waals surface area (Å²) >= 11 is 0. The Morgan fingerprint density at radius 3 is 2.71 bits per heavy atom. The van der Waals surface area contributed by atoms with Crippen molar-refractivity contribution in [3.05, 3.63) is 29.6 Å². The minimum atomic E-state index is 0.756. The second-order valence-corrected chi connectivity index (χ2v) is 4.48. The molecule has 0 N–H and O–H groups in total. The molecular weight excluding hydrogens is 212 g/mol. The largest absolute Gasteiger partial charge is 0.380 e. The fourth-order valence-electron chi connectivity index (χ4n) is 1.90. The standard InChI is InChI=1S/C14H20N2O/c1-4-6-17-7-5-16-10-15-13-8-11(2)12(3)9-14(13)16/h8-10H,4-7H2,1-3H3. The highest BCUT2D eigenvalue weighted by Gasteiger charge is 2.04. The van der Waals surface area contributed by atoms with E-state index in [1.165, 1.54) is 16.6 Å². The number of hydrogen-bond donors (Lipinski definition) is 0. The van der Waals surface area contributed by atoms with Crippen LogP contribution in [-0.2, 0) is 11.3 Å². The van der Waals surface area contributed by atoms with Crippen molar-refractivity contribution in [2.45, 2.75) is 33.7 Å². The third kappa shape index (κ3) is 2.67. The van der Waals surface area contributed by atoms with Crippen LogP contribution in [-0.4, -0.2) is 22.8 Å². The number of benzene rings is 1. The Kier molecular flexibility index (Phi) is 3.79. The van der Waals surface area contributed by atoms with Gasteiger partial charge in [-0.15, -0.1) is 0 Å². The molecule has 0 atom stereocenters. The van der Waals surface area contributed by atoms with E-state index < -0.39 is 0 Å². The average molecular weight is 232 g/mol. The first-order chi connectivity index (χ1) is 8.22. The predicted octanol–water partition coefficient (Wildman–Crippen LogP) is 3.08. The predicted molar refractivity (Wildman–Crippen MR) is 70.3 cm³/mol. The van der Waals surface area contributed by atoms with Crippen molar-refractivity contribution in [2.24, 2.45) is 0 Å². The van der Waals surface area contributed by atoms with Crippen molar-refractivity contribution < 1.29 is 4.74 Å². The van der Waals surface area contributed by atoms with Gasteiger partial charge < -0.3 is 9.30 Å². The summed E-state index contributed by atoms with van der Waals surface area (Å²) in [5.41, 5.74) is 4.88. The van der Waals surface area contributed by atoms with Gasteiger partial charge in [-0.3, -0.25) is 0 Å². The van der Waals surface area contributed by atoms with Crippen LogP contribution >= 0.6 is 0 Å². The zero-order valence-electron chi connectivity index (χ0n) is 10.9. The first-order valence-electron chi connectivity index (χ1n) is 6.22. The van der Waals surface area contributed by atoms with Gasteiger partial charge in [0.15, 0.2) is 0 Å². The fraction of sp³-hybridized carbons (Fsp3) is 0.500. The zero-order valence-corrected chi connectivity index (χ0v) is 10.9. The van der Waals surface area contributed by atoms with Crippen molar-refractivity contribution in [3.8, 4) is 0 Å². The third-order valence-electron chi connectivity index (χ3n) is 3.06. The Labute approximate surface area is 102 Å². The lowest BCUT2D eigenvalue weighted by Crippen LogP contribution is -2.05. The summed E-state index contributed by atoms with van der Waals surface area (Å²) in [4.78, 5) is 4.43. The molecule has 2 rings (SSSR count). The van der Waals surface area contributed by atoms with Gasteiger partial charge in [0.2, 0.25) is 0 Å². The molecule has 0 fully saturated rings. The minimum Gasteiger partial charge on any atom is -0.380 e. The molecule has 1 aromatic heterocycles. The van der Waals surface area contributed by atoms with Crippen LogP contribution in [0.4, 0.5) is 0 Å². The maximum absolute atomic E-state index is 5.51. The summed E-state index contributed by atoms with van der Waals surface area (Å²) in [6.07, 6.45) is 2.97. The molecule has 0 amide bonds. The molecule has 0 unspecified atom stereocenters. The van der Waals surface area contributed by atoms with Crippen molar-refractivity contribution >= 4 is 11.0 Å². The van der Waals surface area contributed by atoms with Crippen LogP contribution in [0, 0.1) is 13.8 Å². The van der Waals surface area contributed by atoms with Crippen LogP contribution in [0.3, 0.4) is 0 Å². The van der Waals surface area contributed by atoms with E-state index in [0.717, 1.165) is 31.7 Å². The lowest BCUT2D eigenvalue weighted by atomic mass is 10.1. The van der Waals surface area contributed by atoms with Crippen molar-refractivity contribution in [3.63, 3.8) is 0 Å². The Balaban J connectivity index is 2.15. The molecule has 3 nitrogen and oxygen atoms in total. The van der Waals surface area contributed by atoms with Crippen LogP contribution in [0.15, 0.2) is 18.5 Å². The van der Waals surface area contributed by atoms with Gasteiger partial charge in [-0.25, -0.2) is 4.98 Å². The van der Waals surface area contributed by atoms with Crippen LogP contribution in [0.5, 0.6) is 0 Å². The maximum atomic E-state index is 5.51. The highest BCUT2D eigenvalue weighted by Crippen LogP contribution is 2.18. The zero-order chi connectivity index (χ0) is 12.3. The van der Waals surface area contributed by atoms with Crippen molar-refractivity contribution in [1.29, 1.82) is 0 Å². The van der Waals surface area contributed by atoms with E-state index >= 15 is 0 Å². The van der Waals surface area contributed by atoms with Crippen molar-refractivity contribution in [2.75, 3.05) is 13.2 Å². The van der Waals surface area contributed by atoms with Gasteiger partial charge in [0.25, 0.3) is 0 Å².